The van der Waals surface area contributed by atoms with Crippen molar-refractivity contribution < 1.29 is 9.53 Å². The van der Waals surface area contributed by atoms with Gasteiger partial charge in [-0.1, -0.05) is 25.1 Å². The zero-order chi connectivity index (χ0) is 20.4. The number of fused-ring (bicyclic) bond motifs is 3. The van der Waals surface area contributed by atoms with Crippen LogP contribution in [0.3, 0.4) is 0 Å². The Morgan fingerprint density at radius 1 is 1.21 bits per heavy atom. The van der Waals surface area contributed by atoms with Crippen molar-refractivity contribution in [1.29, 1.82) is 0 Å². The van der Waals surface area contributed by atoms with Crippen molar-refractivity contribution in [2.75, 3.05) is 38.0 Å². The van der Waals surface area contributed by atoms with Crippen LogP contribution in [0, 0.1) is 11.8 Å². The second kappa shape index (κ2) is 8.59. The molecule has 2 aliphatic heterocycles. The molecule has 152 valence electrons. The van der Waals surface area contributed by atoms with Crippen LogP contribution >= 0.6 is 11.8 Å². The number of nitrogens with zero attached hydrogens (tertiary/aromatic N) is 3. The Morgan fingerprint density at radius 3 is 2.72 bits per heavy atom. The lowest BCUT2D eigenvalue weighted by molar-refractivity contribution is -0.119. The molecule has 2 aromatic rings. The highest BCUT2D eigenvalue weighted by Crippen LogP contribution is 2.37. The molecule has 2 aliphatic rings. The van der Waals surface area contributed by atoms with Gasteiger partial charge in [0, 0.05) is 41.0 Å². The monoisotopic (exact) mass is 409 g/mol. The van der Waals surface area contributed by atoms with E-state index in [1.165, 1.54) is 4.90 Å². The number of carbonyl (C=O) groups is 1. The van der Waals surface area contributed by atoms with Gasteiger partial charge < -0.3 is 9.64 Å². The van der Waals surface area contributed by atoms with Gasteiger partial charge in [0.2, 0.25) is 5.91 Å². The smallest absolute Gasteiger partial charge is 0.248 e. The molecule has 6 heteroatoms. The molecule has 2 atom stereocenters. The van der Waals surface area contributed by atoms with Crippen LogP contribution in [-0.2, 0) is 4.79 Å². The third-order valence-corrected chi connectivity index (χ3v) is 6.38. The second-order valence-electron chi connectivity index (χ2n) is 8.07. The number of benzene rings is 2. The number of hydrazone groups is 1. The third kappa shape index (κ3) is 4.49. The molecule has 2 aromatic carbocycles. The van der Waals surface area contributed by atoms with Crippen molar-refractivity contribution in [3.8, 4) is 5.75 Å². The predicted molar refractivity (Wildman–Crippen MR) is 119 cm³/mol. The quantitative estimate of drug-likeness (QED) is 0.720. The molecule has 0 aromatic heterocycles. The van der Waals surface area contributed by atoms with Gasteiger partial charge in [-0.05, 0) is 44.4 Å². The van der Waals surface area contributed by atoms with Crippen molar-refractivity contribution in [1.82, 2.24) is 4.90 Å². The minimum absolute atomic E-state index is 0.0482. The Bertz CT molecular complexity index is 911. The summed E-state index contributed by atoms with van der Waals surface area (Å²) in [7, 11) is 4.13. The van der Waals surface area contributed by atoms with E-state index in [2.05, 4.69) is 44.1 Å². The maximum Gasteiger partial charge on any atom is 0.248 e. The highest BCUT2D eigenvalue weighted by Gasteiger charge is 2.34. The number of amides is 1. The molecule has 0 N–H and O–H groups in total. The normalized spacial score (nSPS) is 19.4. The fraction of sp³-hybridized carbons (Fsp3) is 0.391. The first-order valence-electron chi connectivity index (χ1n) is 10.0. The van der Waals surface area contributed by atoms with Crippen LogP contribution in [0.2, 0.25) is 0 Å². The van der Waals surface area contributed by atoms with Crippen LogP contribution < -0.4 is 9.75 Å². The molecule has 0 saturated heterocycles. The highest BCUT2D eigenvalue weighted by atomic mass is 32.2. The van der Waals surface area contributed by atoms with E-state index in [9.17, 15) is 4.79 Å². The zero-order valence-electron chi connectivity index (χ0n) is 17.2. The molecule has 0 bridgehead atoms. The van der Waals surface area contributed by atoms with Crippen LogP contribution in [0.15, 0.2) is 58.5 Å². The van der Waals surface area contributed by atoms with E-state index in [1.807, 2.05) is 42.1 Å². The average Bonchev–Trinajstić information content (AvgIpc) is 2.71. The van der Waals surface area contributed by atoms with Gasteiger partial charge >= 0.3 is 0 Å². The lowest BCUT2D eigenvalue weighted by atomic mass is 9.93. The van der Waals surface area contributed by atoms with E-state index in [1.54, 1.807) is 5.01 Å². The third-order valence-electron chi connectivity index (χ3n) is 5.15. The number of thioether (sulfide) groups is 1. The van der Waals surface area contributed by atoms with Gasteiger partial charge in [0.25, 0.3) is 0 Å². The first-order valence-corrected chi connectivity index (χ1v) is 11.0. The molecule has 0 saturated carbocycles. The minimum atomic E-state index is 0.0482. The first kappa shape index (κ1) is 20.0. The molecule has 1 amide bonds. The SMILES string of the molecule is CC(COc1ccc(N2N=C3c4ccccc4SCC3CC2=O)cc1)CN(C)C. The fourth-order valence-electron chi connectivity index (χ4n) is 3.85. The van der Waals surface area contributed by atoms with E-state index >= 15 is 0 Å². The Morgan fingerprint density at radius 2 is 1.97 bits per heavy atom. The summed E-state index contributed by atoms with van der Waals surface area (Å²) in [5.41, 5.74) is 2.96. The van der Waals surface area contributed by atoms with E-state index < -0.39 is 0 Å². The van der Waals surface area contributed by atoms with Gasteiger partial charge in [0.15, 0.2) is 0 Å². The molecule has 4 rings (SSSR count). The molecule has 2 heterocycles. The van der Waals surface area contributed by atoms with Crippen molar-refractivity contribution in [2.45, 2.75) is 18.2 Å². The molecule has 2 unspecified atom stereocenters. The molecule has 0 fully saturated rings. The summed E-state index contributed by atoms with van der Waals surface area (Å²) < 4.78 is 5.90. The summed E-state index contributed by atoms with van der Waals surface area (Å²) >= 11 is 1.82. The Kier molecular flexibility index (Phi) is 5.92. The molecular formula is C23H27N3O2S. The molecule has 0 aliphatic carbocycles. The fourth-order valence-corrected chi connectivity index (χ4v) is 5.00. The lowest BCUT2D eigenvalue weighted by Crippen LogP contribution is -2.39. The summed E-state index contributed by atoms with van der Waals surface area (Å²) in [4.78, 5) is 16.1. The standard InChI is InChI=1S/C23H27N3O2S/c1-16(13-25(2)3)14-28-19-10-8-18(9-11-19)26-22(27)12-17-15-29-21-7-5-4-6-20(21)23(17)24-26/h4-11,16-17H,12-15H2,1-3H3. The van der Waals surface area contributed by atoms with Crippen molar-refractivity contribution in [2.24, 2.45) is 16.9 Å². The topological polar surface area (TPSA) is 45.1 Å². The van der Waals surface area contributed by atoms with Crippen LogP contribution in [0.4, 0.5) is 5.69 Å². The number of rotatable bonds is 6. The van der Waals surface area contributed by atoms with Crippen molar-refractivity contribution in [3.05, 3.63) is 54.1 Å². The van der Waals surface area contributed by atoms with Gasteiger partial charge in [-0.2, -0.15) is 5.10 Å². The maximum atomic E-state index is 12.7. The van der Waals surface area contributed by atoms with Gasteiger partial charge in [-0.15, -0.1) is 11.8 Å². The molecular weight excluding hydrogens is 382 g/mol. The Hall–Kier alpha value is -2.31. The van der Waals surface area contributed by atoms with Gasteiger partial charge in [-0.25, -0.2) is 5.01 Å². The molecule has 0 radical (unpaired) electrons. The summed E-state index contributed by atoms with van der Waals surface area (Å²) in [6.45, 7) is 3.82. The molecule has 5 nitrogen and oxygen atoms in total. The maximum absolute atomic E-state index is 12.7. The number of hydrogen-bond acceptors (Lipinski definition) is 5. The second-order valence-corrected chi connectivity index (χ2v) is 9.13. The number of hydrogen-bond donors (Lipinski definition) is 0. The Balaban J connectivity index is 1.50. The summed E-state index contributed by atoms with van der Waals surface area (Å²) in [5, 5.41) is 6.33. The molecule has 29 heavy (non-hydrogen) atoms. The largest absolute Gasteiger partial charge is 0.493 e. The average molecular weight is 410 g/mol. The van der Waals surface area contributed by atoms with Crippen LogP contribution in [0.1, 0.15) is 18.9 Å². The Labute approximate surface area is 176 Å². The van der Waals surface area contributed by atoms with E-state index in [-0.39, 0.29) is 11.8 Å². The lowest BCUT2D eigenvalue weighted by Gasteiger charge is -2.33. The van der Waals surface area contributed by atoms with Crippen molar-refractivity contribution >= 4 is 29.1 Å². The summed E-state index contributed by atoms with van der Waals surface area (Å²) in [6, 6.07) is 16.0. The van der Waals surface area contributed by atoms with E-state index in [0.29, 0.717) is 18.9 Å². The number of ether oxygens (including phenoxy) is 1. The van der Waals surface area contributed by atoms with Crippen LogP contribution in [-0.4, -0.2) is 49.5 Å². The minimum Gasteiger partial charge on any atom is -0.493 e. The van der Waals surface area contributed by atoms with E-state index in [4.69, 9.17) is 9.84 Å². The number of carbonyl (C=O) groups excluding carboxylic acids is 1. The van der Waals surface area contributed by atoms with E-state index in [0.717, 1.165) is 35.0 Å². The van der Waals surface area contributed by atoms with Gasteiger partial charge in [0.05, 0.1) is 18.0 Å². The van der Waals surface area contributed by atoms with Crippen molar-refractivity contribution in [3.63, 3.8) is 0 Å². The summed E-state index contributed by atoms with van der Waals surface area (Å²) in [6.07, 6.45) is 0.500. The number of anilines is 1. The highest BCUT2D eigenvalue weighted by molar-refractivity contribution is 7.99. The van der Waals surface area contributed by atoms with Crippen LogP contribution in [0.5, 0.6) is 5.75 Å². The summed E-state index contributed by atoms with van der Waals surface area (Å²) in [5.74, 6) is 2.41. The zero-order valence-corrected chi connectivity index (χ0v) is 18.0. The molecule has 0 spiro atoms. The predicted octanol–water partition coefficient (Wildman–Crippen LogP) is 4.13. The first-order chi connectivity index (χ1) is 14.0. The van der Waals surface area contributed by atoms with Crippen LogP contribution in [0.25, 0.3) is 0 Å². The van der Waals surface area contributed by atoms with Gasteiger partial charge in [0.1, 0.15) is 5.75 Å². The van der Waals surface area contributed by atoms with Gasteiger partial charge in [-0.3, -0.25) is 4.79 Å².